The van der Waals surface area contributed by atoms with Crippen LogP contribution in [0, 0.1) is 11.8 Å². The molecule has 1 aromatic heterocycles. The number of alkyl halides is 2. The second-order valence-electron chi connectivity index (χ2n) is 5.14. The van der Waals surface area contributed by atoms with Crippen LogP contribution in [0.4, 0.5) is 20.3 Å². The number of rotatable bonds is 1. The quantitative estimate of drug-likeness (QED) is 0.855. The van der Waals surface area contributed by atoms with Crippen molar-refractivity contribution in [2.75, 3.05) is 23.7 Å². The molecule has 3 rings (SSSR count). The highest BCUT2D eigenvalue weighted by molar-refractivity contribution is 6.32. The Labute approximate surface area is 109 Å². The normalized spacial score (nSPS) is 29.6. The summed E-state index contributed by atoms with van der Waals surface area (Å²) in [5.41, 5.74) is 6.15. The molecule has 0 radical (unpaired) electrons. The Morgan fingerprint density at radius 1 is 1.44 bits per heavy atom. The van der Waals surface area contributed by atoms with Gasteiger partial charge in [0, 0.05) is 37.7 Å². The molecule has 2 aliphatic rings. The number of anilines is 2. The first-order valence-corrected chi connectivity index (χ1v) is 6.39. The number of pyridine rings is 1. The second-order valence-corrected chi connectivity index (χ2v) is 5.54. The fraction of sp³-hybridized carbons (Fsp3) is 0.583. The van der Waals surface area contributed by atoms with Gasteiger partial charge in [-0.1, -0.05) is 11.6 Å². The number of nitrogen functional groups attached to an aromatic ring is 1. The van der Waals surface area contributed by atoms with Gasteiger partial charge in [0.1, 0.15) is 5.82 Å². The number of hydrogen-bond acceptors (Lipinski definition) is 3. The SMILES string of the molecule is Nc1cc(N2CC3CCC(F)(F)C3C2)ncc1Cl. The average molecular weight is 274 g/mol. The van der Waals surface area contributed by atoms with Gasteiger partial charge in [0.15, 0.2) is 0 Å². The van der Waals surface area contributed by atoms with E-state index in [1.807, 2.05) is 4.90 Å². The summed E-state index contributed by atoms with van der Waals surface area (Å²) in [5.74, 6) is -2.37. The fourth-order valence-electron chi connectivity index (χ4n) is 3.01. The third-order valence-corrected chi connectivity index (χ3v) is 4.34. The number of nitrogens with two attached hydrogens (primary N) is 1. The van der Waals surface area contributed by atoms with Crippen LogP contribution in [-0.4, -0.2) is 24.0 Å². The summed E-state index contributed by atoms with van der Waals surface area (Å²) in [6.07, 6.45) is 2.09. The second kappa shape index (κ2) is 3.95. The number of nitrogens with zero attached hydrogens (tertiary/aromatic N) is 2. The molecule has 1 aliphatic heterocycles. The van der Waals surface area contributed by atoms with Gasteiger partial charge in [-0.05, 0) is 12.3 Å². The van der Waals surface area contributed by atoms with E-state index in [9.17, 15) is 8.78 Å². The minimum absolute atomic E-state index is 0.0202. The first kappa shape index (κ1) is 12.0. The van der Waals surface area contributed by atoms with E-state index in [1.54, 1.807) is 6.07 Å². The zero-order valence-corrected chi connectivity index (χ0v) is 10.5. The van der Waals surface area contributed by atoms with E-state index in [2.05, 4.69) is 4.98 Å². The molecular formula is C12H14ClF2N3. The zero-order valence-electron chi connectivity index (χ0n) is 9.74. The van der Waals surface area contributed by atoms with Crippen LogP contribution in [0.3, 0.4) is 0 Å². The molecule has 1 saturated carbocycles. The highest BCUT2D eigenvalue weighted by Crippen LogP contribution is 2.48. The molecule has 0 bridgehead atoms. The van der Waals surface area contributed by atoms with Crippen molar-refractivity contribution in [3.8, 4) is 0 Å². The lowest BCUT2D eigenvalue weighted by molar-refractivity contribution is -0.0351. The first-order valence-electron chi connectivity index (χ1n) is 6.01. The van der Waals surface area contributed by atoms with Crippen molar-refractivity contribution < 1.29 is 8.78 Å². The largest absolute Gasteiger partial charge is 0.397 e. The van der Waals surface area contributed by atoms with E-state index in [1.165, 1.54) is 6.20 Å². The Balaban J connectivity index is 1.82. The molecule has 2 N–H and O–H groups in total. The maximum atomic E-state index is 13.6. The lowest BCUT2D eigenvalue weighted by Gasteiger charge is -2.21. The van der Waals surface area contributed by atoms with Crippen molar-refractivity contribution >= 4 is 23.1 Å². The van der Waals surface area contributed by atoms with Crippen molar-refractivity contribution in [3.05, 3.63) is 17.3 Å². The summed E-state index contributed by atoms with van der Waals surface area (Å²) in [7, 11) is 0. The molecule has 1 saturated heterocycles. The molecule has 2 unspecified atom stereocenters. The number of halogens is 3. The molecule has 0 aromatic carbocycles. The van der Waals surface area contributed by atoms with E-state index < -0.39 is 11.8 Å². The van der Waals surface area contributed by atoms with Crippen LogP contribution in [0.5, 0.6) is 0 Å². The van der Waals surface area contributed by atoms with Crippen molar-refractivity contribution in [1.29, 1.82) is 0 Å². The van der Waals surface area contributed by atoms with Gasteiger partial charge in [-0.25, -0.2) is 13.8 Å². The van der Waals surface area contributed by atoms with E-state index >= 15 is 0 Å². The molecule has 18 heavy (non-hydrogen) atoms. The van der Waals surface area contributed by atoms with Crippen LogP contribution in [-0.2, 0) is 0 Å². The third kappa shape index (κ3) is 1.81. The van der Waals surface area contributed by atoms with Crippen LogP contribution in [0.15, 0.2) is 12.3 Å². The highest BCUT2D eigenvalue weighted by Gasteiger charge is 2.54. The summed E-state index contributed by atoms with van der Waals surface area (Å²) in [4.78, 5) is 6.05. The predicted octanol–water partition coefficient (Wildman–Crippen LogP) is 2.80. The van der Waals surface area contributed by atoms with Gasteiger partial charge in [0.25, 0.3) is 5.92 Å². The summed E-state index contributed by atoms with van der Waals surface area (Å²) < 4.78 is 27.3. The van der Waals surface area contributed by atoms with Gasteiger partial charge < -0.3 is 10.6 Å². The molecule has 6 heteroatoms. The predicted molar refractivity (Wildman–Crippen MR) is 67.0 cm³/mol. The average Bonchev–Trinajstić information content (AvgIpc) is 2.85. The van der Waals surface area contributed by atoms with Crippen LogP contribution in [0.1, 0.15) is 12.8 Å². The van der Waals surface area contributed by atoms with Gasteiger partial charge in [-0.15, -0.1) is 0 Å². The third-order valence-electron chi connectivity index (χ3n) is 4.03. The molecule has 98 valence electrons. The molecule has 2 heterocycles. The van der Waals surface area contributed by atoms with Gasteiger partial charge in [-0.2, -0.15) is 0 Å². The summed E-state index contributed by atoms with van der Waals surface area (Å²) in [6, 6.07) is 1.65. The summed E-state index contributed by atoms with van der Waals surface area (Å²) in [6.45, 7) is 0.986. The Morgan fingerprint density at radius 3 is 2.89 bits per heavy atom. The van der Waals surface area contributed by atoms with Crippen molar-refractivity contribution in [2.24, 2.45) is 11.8 Å². The van der Waals surface area contributed by atoms with Crippen molar-refractivity contribution in [3.63, 3.8) is 0 Å². The van der Waals surface area contributed by atoms with E-state index in [0.29, 0.717) is 36.0 Å². The molecular weight excluding hydrogens is 260 g/mol. The lowest BCUT2D eigenvalue weighted by atomic mass is 9.99. The molecule has 2 atom stereocenters. The maximum absolute atomic E-state index is 13.6. The minimum atomic E-state index is -2.53. The first-order chi connectivity index (χ1) is 8.47. The van der Waals surface area contributed by atoms with Crippen molar-refractivity contribution in [1.82, 2.24) is 4.98 Å². The zero-order chi connectivity index (χ0) is 12.9. The van der Waals surface area contributed by atoms with Crippen LogP contribution in [0.25, 0.3) is 0 Å². The summed E-state index contributed by atoms with van der Waals surface area (Å²) >= 11 is 5.80. The number of hydrogen-bond donors (Lipinski definition) is 1. The molecule has 0 amide bonds. The van der Waals surface area contributed by atoms with E-state index in [-0.39, 0.29) is 12.3 Å². The number of aromatic nitrogens is 1. The van der Waals surface area contributed by atoms with Gasteiger partial charge in [0.05, 0.1) is 10.7 Å². The Morgan fingerprint density at radius 2 is 2.22 bits per heavy atom. The smallest absolute Gasteiger partial charge is 0.252 e. The van der Waals surface area contributed by atoms with Crippen LogP contribution in [0.2, 0.25) is 5.02 Å². The fourth-order valence-corrected chi connectivity index (χ4v) is 3.11. The van der Waals surface area contributed by atoms with Gasteiger partial charge in [0.2, 0.25) is 0 Å². The van der Waals surface area contributed by atoms with E-state index in [4.69, 9.17) is 17.3 Å². The Bertz CT molecular complexity index is 480. The lowest BCUT2D eigenvalue weighted by Crippen LogP contribution is -2.29. The standard InChI is InChI=1S/C12H14ClF2N3/c13-9-4-17-11(3-10(9)16)18-5-7-1-2-12(14,15)8(7)6-18/h3-4,7-8H,1-2,5-6H2,(H2,16,17). The number of fused-ring (bicyclic) bond motifs is 1. The topological polar surface area (TPSA) is 42.1 Å². The summed E-state index contributed by atoms with van der Waals surface area (Å²) in [5, 5.41) is 0.392. The molecule has 3 nitrogen and oxygen atoms in total. The highest BCUT2D eigenvalue weighted by atomic mass is 35.5. The molecule has 1 aromatic rings. The monoisotopic (exact) mass is 273 g/mol. The Hall–Kier alpha value is -1.10. The molecule has 0 spiro atoms. The van der Waals surface area contributed by atoms with Crippen LogP contribution < -0.4 is 10.6 Å². The van der Waals surface area contributed by atoms with Gasteiger partial charge in [-0.3, -0.25) is 0 Å². The molecule has 2 fully saturated rings. The van der Waals surface area contributed by atoms with Gasteiger partial charge >= 0.3 is 0 Å². The minimum Gasteiger partial charge on any atom is -0.397 e. The van der Waals surface area contributed by atoms with Crippen LogP contribution >= 0.6 is 11.6 Å². The Kier molecular flexibility index (Phi) is 2.62. The molecule has 1 aliphatic carbocycles. The van der Waals surface area contributed by atoms with E-state index in [0.717, 1.165) is 0 Å². The van der Waals surface area contributed by atoms with Crippen molar-refractivity contribution in [2.45, 2.75) is 18.8 Å². The maximum Gasteiger partial charge on any atom is 0.252 e.